The average molecular weight is 415 g/mol. The highest BCUT2D eigenvalue weighted by Crippen LogP contribution is 2.33. The van der Waals surface area contributed by atoms with E-state index in [2.05, 4.69) is 10.6 Å². The van der Waals surface area contributed by atoms with E-state index in [0.29, 0.717) is 30.0 Å². The third kappa shape index (κ3) is 3.70. The van der Waals surface area contributed by atoms with Crippen LogP contribution in [-0.2, 0) is 19.6 Å². The molecule has 152 valence electrons. The van der Waals surface area contributed by atoms with Crippen LogP contribution >= 0.6 is 0 Å². The minimum absolute atomic E-state index is 0.0117. The molecule has 1 fully saturated rings. The van der Waals surface area contributed by atoms with Gasteiger partial charge in [-0.1, -0.05) is 18.2 Å². The zero-order valence-electron chi connectivity index (χ0n) is 15.8. The van der Waals surface area contributed by atoms with Gasteiger partial charge in [-0.05, 0) is 49.6 Å². The highest BCUT2D eigenvalue weighted by Gasteiger charge is 2.40. The number of carbonyl (C=O) groups excluding carboxylic acids is 2. The fourth-order valence-corrected chi connectivity index (χ4v) is 5.26. The second kappa shape index (κ2) is 7.49. The Labute approximate surface area is 168 Å². The predicted octanol–water partition coefficient (Wildman–Crippen LogP) is 2.12. The van der Waals surface area contributed by atoms with Crippen molar-refractivity contribution >= 4 is 33.2 Å². The molecule has 2 heterocycles. The van der Waals surface area contributed by atoms with Crippen LogP contribution in [0.1, 0.15) is 18.4 Å². The quantitative estimate of drug-likeness (QED) is 0.796. The van der Waals surface area contributed by atoms with E-state index in [1.54, 1.807) is 6.07 Å². The summed E-state index contributed by atoms with van der Waals surface area (Å²) in [4.78, 5) is 24.4. The van der Waals surface area contributed by atoms with E-state index in [-0.39, 0.29) is 29.9 Å². The Morgan fingerprint density at radius 3 is 2.83 bits per heavy atom. The van der Waals surface area contributed by atoms with Crippen LogP contribution in [0.3, 0.4) is 0 Å². The Morgan fingerprint density at radius 2 is 2.03 bits per heavy atom. The smallest absolute Gasteiger partial charge is 0.262 e. The molecule has 0 bridgehead atoms. The van der Waals surface area contributed by atoms with Crippen molar-refractivity contribution in [3.05, 3.63) is 48.0 Å². The van der Waals surface area contributed by atoms with Gasteiger partial charge in [0.25, 0.3) is 5.91 Å². The zero-order chi connectivity index (χ0) is 20.6. The lowest BCUT2D eigenvalue weighted by Gasteiger charge is -2.25. The number of amides is 2. The summed E-state index contributed by atoms with van der Waals surface area (Å²) in [5.41, 5.74) is 1.87. The second-order valence-electron chi connectivity index (χ2n) is 7.07. The first kappa shape index (κ1) is 19.4. The number of fused-ring (bicyclic) bond motifs is 1. The molecule has 2 N–H and O–H groups in total. The first-order valence-electron chi connectivity index (χ1n) is 9.31. The summed E-state index contributed by atoms with van der Waals surface area (Å²) in [5, 5.41) is 5.45. The molecule has 2 aliphatic rings. The number of nitrogens with zero attached hydrogens (tertiary/aromatic N) is 1. The van der Waals surface area contributed by atoms with Crippen molar-refractivity contribution in [2.75, 3.05) is 23.8 Å². The monoisotopic (exact) mass is 415 g/mol. The lowest BCUT2D eigenvalue weighted by atomic mass is 10.1. The van der Waals surface area contributed by atoms with E-state index in [1.165, 1.54) is 22.5 Å². The summed E-state index contributed by atoms with van der Waals surface area (Å²) in [7, 11) is -3.92. The average Bonchev–Trinajstić information content (AvgIpc) is 3.20. The normalized spacial score (nSPS) is 19.2. The van der Waals surface area contributed by atoms with Crippen molar-refractivity contribution in [3.63, 3.8) is 0 Å². The summed E-state index contributed by atoms with van der Waals surface area (Å²) in [5.74, 6) is -0.280. The standard InChI is InChI=1S/C20H21N3O5S/c1-13-5-2-3-6-15(13)22-20(25)17-7-4-10-23(17)29(26,27)14-8-9-18-16(11-14)21-19(24)12-28-18/h2-3,5-6,8-9,11,17H,4,7,10,12H2,1H3,(H,21,24)(H,22,25)/t17-/m1/s1. The molecule has 0 saturated carbocycles. The largest absolute Gasteiger partial charge is 0.482 e. The number of para-hydroxylation sites is 1. The van der Waals surface area contributed by atoms with Crippen LogP contribution in [0.5, 0.6) is 5.75 Å². The number of ether oxygens (including phenoxy) is 1. The van der Waals surface area contributed by atoms with E-state index in [9.17, 15) is 18.0 Å². The molecule has 0 radical (unpaired) electrons. The van der Waals surface area contributed by atoms with Crippen LogP contribution in [0.2, 0.25) is 0 Å². The molecule has 0 spiro atoms. The molecule has 0 aromatic heterocycles. The predicted molar refractivity (Wildman–Crippen MR) is 107 cm³/mol. The van der Waals surface area contributed by atoms with E-state index in [4.69, 9.17) is 4.74 Å². The Bertz CT molecular complexity index is 1080. The molecule has 1 atom stereocenters. The SMILES string of the molecule is Cc1ccccc1NC(=O)[C@H]1CCCN1S(=O)(=O)c1ccc2c(c1)NC(=O)CO2. The molecular weight excluding hydrogens is 394 g/mol. The molecule has 4 rings (SSSR count). The number of sulfonamides is 1. The molecule has 0 aliphatic carbocycles. The van der Waals surface area contributed by atoms with E-state index >= 15 is 0 Å². The minimum Gasteiger partial charge on any atom is -0.482 e. The molecule has 29 heavy (non-hydrogen) atoms. The fourth-order valence-electron chi connectivity index (χ4n) is 3.58. The number of benzene rings is 2. The van der Waals surface area contributed by atoms with Gasteiger partial charge < -0.3 is 15.4 Å². The third-order valence-electron chi connectivity index (χ3n) is 5.10. The first-order valence-corrected chi connectivity index (χ1v) is 10.8. The molecule has 8 nitrogen and oxygen atoms in total. The molecule has 2 aliphatic heterocycles. The van der Waals surface area contributed by atoms with Crippen molar-refractivity contribution in [1.29, 1.82) is 0 Å². The maximum absolute atomic E-state index is 13.2. The number of hydrogen-bond acceptors (Lipinski definition) is 5. The molecular formula is C20H21N3O5S. The first-order chi connectivity index (χ1) is 13.9. The number of anilines is 2. The van der Waals surface area contributed by atoms with Crippen LogP contribution in [0.4, 0.5) is 11.4 Å². The summed E-state index contributed by atoms with van der Waals surface area (Å²) in [6.45, 7) is 2.03. The van der Waals surface area contributed by atoms with Gasteiger partial charge in [-0.3, -0.25) is 9.59 Å². The van der Waals surface area contributed by atoms with Gasteiger partial charge in [0, 0.05) is 12.2 Å². The highest BCUT2D eigenvalue weighted by molar-refractivity contribution is 7.89. The van der Waals surface area contributed by atoms with Crippen molar-refractivity contribution in [1.82, 2.24) is 4.31 Å². The van der Waals surface area contributed by atoms with Crippen molar-refractivity contribution in [2.45, 2.75) is 30.7 Å². The maximum atomic E-state index is 13.2. The number of hydrogen-bond donors (Lipinski definition) is 2. The Hall–Kier alpha value is -2.91. The van der Waals surface area contributed by atoms with Gasteiger partial charge in [-0.25, -0.2) is 8.42 Å². The minimum atomic E-state index is -3.92. The lowest BCUT2D eigenvalue weighted by molar-refractivity contribution is -0.119. The van der Waals surface area contributed by atoms with Gasteiger partial charge in [0.05, 0.1) is 10.6 Å². The van der Waals surface area contributed by atoms with Gasteiger partial charge in [0.1, 0.15) is 11.8 Å². The van der Waals surface area contributed by atoms with Crippen molar-refractivity contribution < 1.29 is 22.7 Å². The van der Waals surface area contributed by atoms with E-state index in [1.807, 2.05) is 25.1 Å². The Morgan fingerprint density at radius 1 is 1.24 bits per heavy atom. The van der Waals surface area contributed by atoms with Gasteiger partial charge in [-0.15, -0.1) is 0 Å². The Kier molecular flexibility index (Phi) is 5.01. The maximum Gasteiger partial charge on any atom is 0.262 e. The van der Waals surface area contributed by atoms with Gasteiger partial charge in [0.2, 0.25) is 15.9 Å². The number of nitrogens with one attached hydrogen (secondary N) is 2. The molecule has 2 aromatic carbocycles. The van der Waals surface area contributed by atoms with E-state index < -0.39 is 16.1 Å². The van der Waals surface area contributed by atoms with Gasteiger partial charge in [-0.2, -0.15) is 4.31 Å². The number of aryl methyl sites for hydroxylation is 1. The highest BCUT2D eigenvalue weighted by atomic mass is 32.2. The van der Waals surface area contributed by atoms with Gasteiger partial charge in [0.15, 0.2) is 6.61 Å². The summed E-state index contributed by atoms with van der Waals surface area (Å²) >= 11 is 0. The van der Waals surface area contributed by atoms with Crippen LogP contribution < -0.4 is 15.4 Å². The molecule has 2 amide bonds. The Balaban J connectivity index is 1.59. The molecule has 9 heteroatoms. The number of carbonyl (C=O) groups is 2. The summed E-state index contributed by atoms with van der Waals surface area (Å²) < 4.78 is 33.0. The molecule has 2 aromatic rings. The second-order valence-corrected chi connectivity index (χ2v) is 8.96. The topological polar surface area (TPSA) is 105 Å². The summed E-state index contributed by atoms with van der Waals surface area (Å²) in [6.07, 6.45) is 1.04. The lowest BCUT2D eigenvalue weighted by Crippen LogP contribution is -2.43. The zero-order valence-corrected chi connectivity index (χ0v) is 16.7. The molecule has 1 saturated heterocycles. The van der Waals surface area contributed by atoms with Crippen molar-refractivity contribution in [3.8, 4) is 5.75 Å². The van der Waals surface area contributed by atoms with E-state index in [0.717, 1.165) is 5.56 Å². The van der Waals surface area contributed by atoms with Gasteiger partial charge >= 0.3 is 0 Å². The fraction of sp³-hybridized carbons (Fsp3) is 0.300. The van der Waals surface area contributed by atoms with Crippen LogP contribution in [0.15, 0.2) is 47.4 Å². The van der Waals surface area contributed by atoms with Crippen LogP contribution in [0, 0.1) is 6.92 Å². The number of rotatable bonds is 4. The molecule has 0 unspecified atom stereocenters. The van der Waals surface area contributed by atoms with Crippen LogP contribution in [-0.4, -0.2) is 43.7 Å². The third-order valence-corrected chi connectivity index (χ3v) is 7.00. The summed E-state index contributed by atoms with van der Waals surface area (Å²) in [6, 6.07) is 10.9. The van der Waals surface area contributed by atoms with Crippen LogP contribution in [0.25, 0.3) is 0 Å². The van der Waals surface area contributed by atoms with Crippen molar-refractivity contribution in [2.24, 2.45) is 0 Å².